The molecule has 0 spiro atoms. The number of aliphatic imine (C=N–C) groups is 1. The van der Waals surface area contributed by atoms with Crippen LogP contribution in [0.3, 0.4) is 0 Å². The molecule has 1 aliphatic carbocycles. The first-order valence-corrected chi connectivity index (χ1v) is 6.05. The highest BCUT2D eigenvalue weighted by atomic mass is 79.9. The molecule has 1 aromatic rings. The van der Waals surface area contributed by atoms with E-state index in [0.717, 1.165) is 6.42 Å². The number of hydrogen-bond donors (Lipinski definition) is 0. The summed E-state index contributed by atoms with van der Waals surface area (Å²) in [5.41, 5.74) is -0.291. The monoisotopic (exact) mass is 299 g/mol. The number of isocyanates is 1. The highest BCUT2D eigenvalue weighted by molar-refractivity contribution is 9.10. The Hall–Kier alpha value is -1.19. The maximum Gasteiger partial charge on any atom is 0.235 e. The molecular weight excluding hydrogens is 289 g/mol. The minimum absolute atomic E-state index is 0.399. The summed E-state index contributed by atoms with van der Waals surface area (Å²) in [4.78, 5) is 14.2. The Morgan fingerprint density at radius 3 is 2.71 bits per heavy atom. The Morgan fingerprint density at radius 2 is 2.24 bits per heavy atom. The molecule has 1 aliphatic rings. The number of carbonyl (C=O) groups excluding carboxylic acids is 1. The van der Waals surface area contributed by atoms with E-state index >= 15 is 0 Å². The molecule has 17 heavy (non-hydrogen) atoms. The first-order valence-electron chi connectivity index (χ1n) is 5.25. The molecule has 0 saturated heterocycles. The minimum atomic E-state index is -0.722. The van der Waals surface area contributed by atoms with Crippen molar-refractivity contribution in [1.29, 1.82) is 0 Å². The number of halogens is 2. The first-order chi connectivity index (χ1) is 8.13. The van der Waals surface area contributed by atoms with Crippen molar-refractivity contribution in [3.05, 3.63) is 28.0 Å². The van der Waals surface area contributed by atoms with Gasteiger partial charge in [0, 0.05) is 11.6 Å². The van der Waals surface area contributed by atoms with E-state index in [1.54, 1.807) is 12.1 Å². The quantitative estimate of drug-likeness (QED) is 0.634. The Bertz CT molecular complexity index is 494. The minimum Gasteiger partial charge on any atom is -0.495 e. The standard InChI is InChI=1S/C12H11BrFNO2/c1-17-11-6-10(14)8(5-9(11)13)12(15-7-16)3-2-4-12/h5-6H,2-4H2,1H3. The Morgan fingerprint density at radius 1 is 1.53 bits per heavy atom. The third-order valence-electron chi connectivity index (χ3n) is 3.18. The fraction of sp³-hybridized carbons (Fsp3) is 0.417. The molecule has 0 unspecified atom stereocenters. The van der Waals surface area contributed by atoms with Gasteiger partial charge in [0.2, 0.25) is 6.08 Å². The maximum atomic E-state index is 14.0. The molecule has 0 radical (unpaired) electrons. The third-order valence-corrected chi connectivity index (χ3v) is 3.80. The Labute approximate surface area is 107 Å². The van der Waals surface area contributed by atoms with Gasteiger partial charge in [-0.3, -0.25) is 0 Å². The van der Waals surface area contributed by atoms with Gasteiger partial charge in [-0.15, -0.1) is 0 Å². The van der Waals surface area contributed by atoms with Crippen molar-refractivity contribution in [3.63, 3.8) is 0 Å². The molecule has 1 fully saturated rings. The summed E-state index contributed by atoms with van der Waals surface area (Å²) in [5, 5.41) is 0. The highest BCUT2D eigenvalue weighted by Gasteiger charge is 2.41. The number of hydrogen-bond acceptors (Lipinski definition) is 3. The van der Waals surface area contributed by atoms with E-state index in [1.807, 2.05) is 0 Å². The second-order valence-corrected chi connectivity index (χ2v) is 4.91. The molecule has 0 heterocycles. The molecule has 1 aromatic carbocycles. The molecule has 1 saturated carbocycles. The normalized spacial score (nSPS) is 16.9. The zero-order valence-corrected chi connectivity index (χ0v) is 10.9. The number of ether oxygens (including phenoxy) is 1. The van der Waals surface area contributed by atoms with Crippen molar-refractivity contribution in [1.82, 2.24) is 0 Å². The smallest absolute Gasteiger partial charge is 0.235 e. The van der Waals surface area contributed by atoms with Gasteiger partial charge in [-0.25, -0.2) is 9.18 Å². The number of rotatable bonds is 3. The number of benzene rings is 1. The lowest BCUT2D eigenvalue weighted by atomic mass is 9.72. The summed E-state index contributed by atoms with van der Waals surface area (Å²) >= 11 is 3.31. The van der Waals surface area contributed by atoms with Crippen molar-refractivity contribution in [2.24, 2.45) is 4.99 Å². The fourth-order valence-electron chi connectivity index (χ4n) is 2.08. The lowest BCUT2D eigenvalue weighted by molar-refractivity contribution is 0.247. The average Bonchev–Trinajstić information content (AvgIpc) is 2.26. The van der Waals surface area contributed by atoms with E-state index in [4.69, 9.17) is 4.74 Å². The van der Waals surface area contributed by atoms with E-state index < -0.39 is 11.4 Å². The van der Waals surface area contributed by atoms with Crippen LogP contribution in [0.2, 0.25) is 0 Å². The molecule has 0 atom stereocenters. The van der Waals surface area contributed by atoms with Gasteiger partial charge < -0.3 is 4.74 Å². The van der Waals surface area contributed by atoms with Crippen LogP contribution in [-0.4, -0.2) is 13.2 Å². The fourth-order valence-corrected chi connectivity index (χ4v) is 2.59. The second-order valence-electron chi connectivity index (χ2n) is 4.05. The van der Waals surface area contributed by atoms with Crippen LogP contribution >= 0.6 is 15.9 Å². The Kier molecular flexibility index (Phi) is 3.31. The van der Waals surface area contributed by atoms with E-state index in [2.05, 4.69) is 20.9 Å². The largest absolute Gasteiger partial charge is 0.495 e. The SMILES string of the molecule is COc1cc(F)c(C2(N=C=O)CCC2)cc1Br. The lowest BCUT2D eigenvalue weighted by Gasteiger charge is -2.37. The highest BCUT2D eigenvalue weighted by Crippen LogP contribution is 2.47. The number of methoxy groups -OCH3 is 1. The van der Waals surface area contributed by atoms with Gasteiger partial charge in [0.15, 0.2) is 0 Å². The van der Waals surface area contributed by atoms with Gasteiger partial charge >= 0.3 is 0 Å². The predicted molar refractivity (Wildman–Crippen MR) is 64.3 cm³/mol. The van der Waals surface area contributed by atoms with Crippen LogP contribution in [0.15, 0.2) is 21.6 Å². The van der Waals surface area contributed by atoms with Crippen LogP contribution in [0, 0.1) is 5.82 Å². The van der Waals surface area contributed by atoms with Gasteiger partial charge in [-0.05, 0) is 41.3 Å². The molecular formula is C12H11BrFNO2. The van der Waals surface area contributed by atoms with Gasteiger partial charge in [-0.1, -0.05) is 0 Å². The predicted octanol–water partition coefficient (Wildman–Crippen LogP) is 3.31. The molecule has 0 aliphatic heterocycles. The molecule has 0 amide bonds. The van der Waals surface area contributed by atoms with Gasteiger partial charge in [0.25, 0.3) is 0 Å². The van der Waals surface area contributed by atoms with E-state index in [0.29, 0.717) is 28.6 Å². The van der Waals surface area contributed by atoms with Gasteiger partial charge in [0.1, 0.15) is 17.1 Å². The zero-order valence-electron chi connectivity index (χ0n) is 9.30. The van der Waals surface area contributed by atoms with Gasteiger partial charge in [-0.2, -0.15) is 4.99 Å². The van der Waals surface area contributed by atoms with E-state index in [1.165, 1.54) is 13.2 Å². The van der Waals surface area contributed by atoms with Gasteiger partial charge in [0.05, 0.1) is 11.6 Å². The maximum absolute atomic E-state index is 14.0. The molecule has 90 valence electrons. The van der Waals surface area contributed by atoms with Crippen LogP contribution in [0.1, 0.15) is 24.8 Å². The molecule has 0 bridgehead atoms. The second kappa shape index (κ2) is 4.59. The Balaban J connectivity index is 2.52. The van der Waals surface area contributed by atoms with Crippen LogP contribution in [0.4, 0.5) is 4.39 Å². The summed E-state index contributed by atoms with van der Waals surface area (Å²) in [7, 11) is 1.47. The molecule has 0 N–H and O–H groups in total. The van der Waals surface area contributed by atoms with Crippen LogP contribution in [-0.2, 0) is 10.3 Å². The average molecular weight is 300 g/mol. The lowest BCUT2D eigenvalue weighted by Crippen LogP contribution is -2.33. The topological polar surface area (TPSA) is 38.7 Å². The van der Waals surface area contributed by atoms with Crippen molar-refractivity contribution in [3.8, 4) is 5.75 Å². The van der Waals surface area contributed by atoms with Crippen LogP contribution in [0.5, 0.6) is 5.75 Å². The number of nitrogens with zero attached hydrogens (tertiary/aromatic N) is 1. The van der Waals surface area contributed by atoms with Crippen molar-refractivity contribution in [2.45, 2.75) is 24.8 Å². The van der Waals surface area contributed by atoms with Crippen molar-refractivity contribution >= 4 is 22.0 Å². The summed E-state index contributed by atoms with van der Waals surface area (Å²) in [6, 6.07) is 2.94. The van der Waals surface area contributed by atoms with E-state index in [9.17, 15) is 9.18 Å². The third kappa shape index (κ3) is 2.01. The molecule has 0 aromatic heterocycles. The van der Waals surface area contributed by atoms with Crippen molar-refractivity contribution < 1.29 is 13.9 Å². The summed E-state index contributed by atoms with van der Waals surface area (Å²) < 4.78 is 19.6. The summed E-state index contributed by atoms with van der Waals surface area (Å²) in [6.07, 6.45) is 3.84. The molecule has 5 heteroatoms. The van der Waals surface area contributed by atoms with E-state index in [-0.39, 0.29) is 0 Å². The molecule has 3 nitrogen and oxygen atoms in total. The summed E-state index contributed by atoms with van der Waals surface area (Å²) in [6.45, 7) is 0. The van der Waals surface area contributed by atoms with Crippen LogP contribution < -0.4 is 4.74 Å². The molecule has 2 rings (SSSR count). The van der Waals surface area contributed by atoms with Crippen molar-refractivity contribution in [2.75, 3.05) is 7.11 Å². The van der Waals surface area contributed by atoms with Crippen LogP contribution in [0.25, 0.3) is 0 Å². The first kappa shape index (κ1) is 12.3. The zero-order chi connectivity index (χ0) is 12.5. The summed E-state index contributed by atoms with van der Waals surface area (Å²) in [5.74, 6) is 0.0274.